The minimum atomic E-state index is -3.49. The fraction of sp³-hybridized carbons (Fsp3) is 0.429. The highest BCUT2D eigenvalue weighted by Crippen LogP contribution is 2.27. The molecular formula is C14H17N3O4S. The lowest BCUT2D eigenvalue weighted by Crippen LogP contribution is -2.64. The maximum absolute atomic E-state index is 12.6. The van der Waals surface area contributed by atoms with E-state index in [9.17, 15) is 18.0 Å². The Balaban J connectivity index is 1.87. The molecule has 3 rings (SSSR count). The molecule has 0 bridgehead atoms. The van der Waals surface area contributed by atoms with Gasteiger partial charge in [-0.05, 0) is 12.0 Å². The van der Waals surface area contributed by atoms with Crippen LogP contribution in [-0.2, 0) is 21.4 Å². The van der Waals surface area contributed by atoms with Gasteiger partial charge >= 0.3 is 6.03 Å². The van der Waals surface area contributed by atoms with Gasteiger partial charge < -0.3 is 5.32 Å². The van der Waals surface area contributed by atoms with E-state index in [2.05, 4.69) is 5.32 Å². The molecular weight excluding hydrogens is 306 g/mol. The summed E-state index contributed by atoms with van der Waals surface area (Å²) in [5.74, 6) is -0.458. The number of carbonyl (C=O) groups is 2. The number of fused-ring (bicyclic) bond motifs is 1. The maximum atomic E-state index is 12.6. The van der Waals surface area contributed by atoms with Crippen LogP contribution in [0.5, 0.6) is 0 Å². The quantitative estimate of drug-likeness (QED) is 0.857. The van der Waals surface area contributed by atoms with E-state index in [1.54, 1.807) is 0 Å². The number of nitrogens with one attached hydrogen (secondary N) is 1. The zero-order valence-electron chi connectivity index (χ0n) is 12.1. The number of rotatable bonds is 3. The summed E-state index contributed by atoms with van der Waals surface area (Å²) in [5.41, 5.74) is 0.813. The van der Waals surface area contributed by atoms with Crippen LogP contribution in [0.15, 0.2) is 30.3 Å². The van der Waals surface area contributed by atoms with Gasteiger partial charge in [0, 0.05) is 6.54 Å². The van der Waals surface area contributed by atoms with E-state index >= 15 is 0 Å². The van der Waals surface area contributed by atoms with E-state index < -0.39 is 34.0 Å². The smallest absolute Gasteiger partial charge is 0.324 e. The molecule has 0 unspecified atom stereocenters. The van der Waals surface area contributed by atoms with Crippen molar-refractivity contribution in [2.75, 3.05) is 12.8 Å². The normalized spacial score (nSPS) is 26.0. The van der Waals surface area contributed by atoms with Crippen LogP contribution >= 0.6 is 0 Å². The molecule has 0 radical (unpaired) electrons. The number of amides is 3. The number of benzene rings is 1. The van der Waals surface area contributed by atoms with Gasteiger partial charge in [-0.15, -0.1) is 0 Å². The highest BCUT2D eigenvalue weighted by atomic mass is 32.2. The third-order valence-corrected chi connectivity index (χ3v) is 5.30. The lowest BCUT2D eigenvalue weighted by Gasteiger charge is -2.36. The average Bonchev–Trinajstić information content (AvgIpc) is 2.88. The van der Waals surface area contributed by atoms with E-state index in [0.717, 1.165) is 16.7 Å². The first-order valence-electron chi connectivity index (χ1n) is 7.00. The van der Waals surface area contributed by atoms with Crippen molar-refractivity contribution in [2.24, 2.45) is 0 Å². The second-order valence-electron chi connectivity index (χ2n) is 5.57. The average molecular weight is 323 g/mol. The fourth-order valence-corrected chi connectivity index (χ4v) is 4.08. The first-order chi connectivity index (χ1) is 10.4. The lowest BCUT2D eigenvalue weighted by molar-refractivity contribution is -0.134. The first kappa shape index (κ1) is 15.0. The van der Waals surface area contributed by atoms with Gasteiger partial charge in [0.1, 0.15) is 6.04 Å². The fourth-order valence-electron chi connectivity index (χ4n) is 2.99. The molecule has 7 nitrogen and oxygen atoms in total. The van der Waals surface area contributed by atoms with Crippen molar-refractivity contribution in [1.82, 2.24) is 14.5 Å². The Bertz CT molecular complexity index is 704. The molecule has 2 aliphatic rings. The zero-order valence-corrected chi connectivity index (χ0v) is 12.9. The summed E-state index contributed by atoms with van der Waals surface area (Å²) in [4.78, 5) is 25.9. The van der Waals surface area contributed by atoms with Crippen molar-refractivity contribution in [3.63, 3.8) is 0 Å². The van der Waals surface area contributed by atoms with E-state index in [4.69, 9.17) is 0 Å². The van der Waals surface area contributed by atoms with Crippen molar-refractivity contribution >= 4 is 22.0 Å². The number of hydrogen-bond donors (Lipinski definition) is 1. The lowest BCUT2D eigenvalue weighted by atomic mass is 10.1. The highest BCUT2D eigenvalue weighted by Gasteiger charge is 2.50. The van der Waals surface area contributed by atoms with Crippen LogP contribution in [0.1, 0.15) is 12.0 Å². The number of sulfonamides is 1. The third kappa shape index (κ3) is 2.59. The molecule has 3 amide bonds. The predicted octanol–water partition coefficient (Wildman–Crippen LogP) is 0.141. The van der Waals surface area contributed by atoms with Gasteiger partial charge in [0.25, 0.3) is 5.91 Å². The molecule has 2 fully saturated rings. The summed E-state index contributed by atoms with van der Waals surface area (Å²) in [7, 11) is -3.49. The van der Waals surface area contributed by atoms with Crippen LogP contribution in [0.3, 0.4) is 0 Å². The second-order valence-corrected chi connectivity index (χ2v) is 7.51. The molecule has 0 aromatic heterocycles. The summed E-state index contributed by atoms with van der Waals surface area (Å²) in [6.45, 7) is 0.381. The van der Waals surface area contributed by atoms with E-state index in [1.165, 1.54) is 4.31 Å². The summed E-state index contributed by atoms with van der Waals surface area (Å²) in [5, 5.41) is 2.74. The van der Waals surface area contributed by atoms with Crippen LogP contribution in [0.4, 0.5) is 4.79 Å². The van der Waals surface area contributed by atoms with Crippen LogP contribution in [-0.4, -0.2) is 54.4 Å². The van der Waals surface area contributed by atoms with Crippen LogP contribution < -0.4 is 5.32 Å². The number of hydrogen-bond acceptors (Lipinski definition) is 4. The van der Waals surface area contributed by atoms with Gasteiger partial charge in [-0.3, -0.25) is 9.69 Å². The number of nitrogens with zero attached hydrogens (tertiary/aromatic N) is 2. The van der Waals surface area contributed by atoms with Gasteiger partial charge in [0.15, 0.2) is 0 Å². The molecule has 0 saturated carbocycles. The number of carbonyl (C=O) groups excluding carboxylic acids is 2. The van der Waals surface area contributed by atoms with Gasteiger partial charge in [-0.1, -0.05) is 30.3 Å². The molecule has 22 heavy (non-hydrogen) atoms. The molecule has 0 spiro atoms. The van der Waals surface area contributed by atoms with Crippen molar-refractivity contribution in [2.45, 2.75) is 25.0 Å². The van der Waals surface area contributed by atoms with Crippen molar-refractivity contribution in [3.05, 3.63) is 35.9 Å². The highest BCUT2D eigenvalue weighted by molar-refractivity contribution is 7.88. The molecule has 2 atom stereocenters. The van der Waals surface area contributed by atoms with Gasteiger partial charge in [-0.2, -0.15) is 4.31 Å². The molecule has 2 heterocycles. The SMILES string of the molecule is CS(=O)(=O)N1CC[C@@H]2NC(=O)N(Cc3ccccc3)C(=O)[C@H]21. The maximum Gasteiger partial charge on any atom is 0.324 e. The van der Waals surface area contributed by atoms with Crippen LogP contribution in [0.2, 0.25) is 0 Å². The number of imide groups is 1. The Kier molecular flexibility index (Phi) is 3.65. The monoisotopic (exact) mass is 323 g/mol. The van der Waals surface area contributed by atoms with E-state index in [0.29, 0.717) is 6.42 Å². The van der Waals surface area contributed by atoms with Crippen molar-refractivity contribution in [3.8, 4) is 0 Å². The Labute approximate surface area is 128 Å². The third-order valence-electron chi connectivity index (χ3n) is 4.03. The first-order valence-corrected chi connectivity index (χ1v) is 8.85. The van der Waals surface area contributed by atoms with Crippen LogP contribution in [0.25, 0.3) is 0 Å². The van der Waals surface area contributed by atoms with Gasteiger partial charge in [0.2, 0.25) is 10.0 Å². The molecule has 118 valence electrons. The summed E-state index contributed by atoms with van der Waals surface area (Å²) < 4.78 is 24.8. The molecule has 8 heteroatoms. The second kappa shape index (κ2) is 5.36. The number of urea groups is 1. The van der Waals surface area contributed by atoms with Crippen LogP contribution in [0, 0.1) is 0 Å². The largest absolute Gasteiger partial charge is 0.333 e. The van der Waals surface area contributed by atoms with Crippen molar-refractivity contribution in [1.29, 1.82) is 0 Å². The molecule has 2 aliphatic heterocycles. The minimum Gasteiger partial charge on any atom is -0.333 e. The topological polar surface area (TPSA) is 86.8 Å². The molecule has 0 aliphatic carbocycles. The van der Waals surface area contributed by atoms with E-state index in [1.807, 2.05) is 30.3 Å². The standard InChI is InChI=1S/C14H17N3O4S/c1-22(20,21)17-8-7-11-12(17)13(18)16(14(19)15-11)9-10-5-3-2-4-6-10/h2-6,11-12H,7-9H2,1H3,(H,15,19)/t11-,12-/m0/s1. The Morgan fingerprint density at radius 3 is 2.55 bits per heavy atom. The molecule has 1 aromatic carbocycles. The summed E-state index contributed by atoms with van der Waals surface area (Å²) in [6, 6.07) is 7.38. The van der Waals surface area contributed by atoms with E-state index in [-0.39, 0.29) is 13.1 Å². The Morgan fingerprint density at radius 2 is 1.91 bits per heavy atom. The molecule has 1 N–H and O–H groups in total. The molecule has 2 saturated heterocycles. The summed E-state index contributed by atoms with van der Waals surface area (Å²) in [6.07, 6.45) is 1.54. The minimum absolute atomic E-state index is 0.131. The summed E-state index contributed by atoms with van der Waals surface area (Å²) >= 11 is 0. The Hall–Kier alpha value is -1.93. The molecule has 1 aromatic rings. The predicted molar refractivity (Wildman–Crippen MR) is 79.3 cm³/mol. The Morgan fingerprint density at radius 1 is 1.23 bits per heavy atom. The van der Waals surface area contributed by atoms with Gasteiger partial charge in [0.05, 0.1) is 18.8 Å². The van der Waals surface area contributed by atoms with Crippen molar-refractivity contribution < 1.29 is 18.0 Å². The van der Waals surface area contributed by atoms with Gasteiger partial charge in [-0.25, -0.2) is 13.2 Å². The zero-order chi connectivity index (χ0) is 15.9.